The van der Waals surface area contributed by atoms with Crippen LogP contribution in [0.5, 0.6) is 0 Å². The summed E-state index contributed by atoms with van der Waals surface area (Å²) in [5.74, 6) is 2.49. The molecule has 0 N–H and O–H groups in total. The first-order valence-corrected chi connectivity index (χ1v) is 5.68. The maximum atomic E-state index is 12.2. The Kier molecular flexibility index (Phi) is 3.46. The molecule has 2 rings (SSSR count). The van der Waals surface area contributed by atoms with E-state index in [1.165, 1.54) is 5.56 Å². The fourth-order valence-corrected chi connectivity index (χ4v) is 1.93. The minimum atomic E-state index is -0.0137. The minimum absolute atomic E-state index is 0.0137. The van der Waals surface area contributed by atoms with E-state index in [0.717, 1.165) is 5.56 Å². The molecule has 1 aliphatic heterocycles. The Bertz CT molecular complexity index is 474. The molecule has 0 saturated heterocycles. The summed E-state index contributed by atoms with van der Waals surface area (Å²) in [6, 6.07) is 5.71. The quantitative estimate of drug-likeness (QED) is 0.740. The summed E-state index contributed by atoms with van der Waals surface area (Å²) in [4.78, 5) is 13.8. The van der Waals surface area contributed by atoms with E-state index < -0.39 is 0 Å². The highest BCUT2D eigenvalue weighted by Gasteiger charge is 2.17. The number of carbonyl (C=O) groups excluding carboxylic acids is 1. The van der Waals surface area contributed by atoms with Crippen LogP contribution in [0.4, 0.5) is 0 Å². The molecular weight excluding hydrogens is 214 g/mol. The molecule has 1 aromatic rings. The number of amides is 1. The lowest BCUT2D eigenvalue weighted by Gasteiger charge is -2.18. The second-order valence-corrected chi connectivity index (χ2v) is 4.00. The molecule has 0 aliphatic carbocycles. The lowest BCUT2D eigenvalue weighted by Crippen LogP contribution is -2.31. The average molecular weight is 229 g/mol. The van der Waals surface area contributed by atoms with Crippen LogP contribution >= 0.6 is 0 Å². The fraction of sp³-hybridized carbons (Fsp3) is 0.357. The van der Waals surface area contributed by atoms with E-state index in [9.17, 15) is 4.79 Å². The second kappa shape index (κ2) is 5.03. The fourth-order valence-electron chi connectivity index (χ4n) is 1.93. The summed E-state index contributed by atoms with van der Waals surface area (Å²) < 4.78 is 5.33. The van der Waals surface area contributed by atoms with Crippen LogP contribution in [-0.4, -0.2) is 23.9 Å². The van der Waals surface area contributed by atoms with Crippen molar-refractivity contribution in [3.05, 3.63) is 34.9 Å². The first kappa shape index (κ1) is 11.7. The predicted molar refractivity (Wildman–Crippen MR) is 65.3 cm³/mol. The Hall–Kier alpha value is -1.79. The van der Waals surface area contributed by atoms with Crippen molar-refractivity contribution in [3.63, 3.8) is 0 Å². The molecule has 1 aliphatic rings. The van der Waals surface area contributed by atoms with E-state index in [1.54, 1.807) is 4.90 Å². The van der Waals surface area contributed by atoms with E-state index in [2.05, 4.69) is 5.92 Å². The van der Waals surface area contributed by atoms with Gasteiger partial charge in [-0.2, -0.15) is 0 Å². The zero-order chi connectivity index (χ0) is 12.3. The molecular formula is C14H15NO2. The number of carbonyl (C=O) groups is 1. The SMILES string of the molecule is C#CCN(CC)C(=O)c1ccc2c(c1)COC2. The Labute approximate surface area is 101 Å². The number of terminal acetylenes is 1. The smallest absolute Gasteiger partial charge is 0.254 e. The summed E-state index contributed by atoms with van der Waals surface area (Å²) in [5, 5.41) is 0. The topological polar surface area (TPSA) is 29.5 Å². The van der Waals surface area contributed by atoms with Gasteiger partial charge in [-0.25, -0.2) is 0 Å². The third-order valence-electron chi connectivity index (χ3n) is 2.92. The standard InChI is InChI=1S/C14H15NO2/c1-3-7-15(4-2)14(16)11-5-6-12-9-17-10-13(12)8-11/h1,5-6,8H,4,7,9-10H2,2H3. The summed E-state index contributed by atoms with van der Waals surface area (Å²) in [6.07, 6.45) is 5.25. The number of nitrogens with zero attached hydrogens (tertiary/aromatic N) is 1. The summed E-state index contributed by atoms with van der Waals surface area (Å²) in [5.41, 5.74) is 2.96. The van der Waals surface area contributed by atoms with E-state index in [-0.39, 0.29) is 5.91 Å². The minimum Gasteiger partial charge on any atom is -0.372 e. The maximum Gasteiger partial charge on any atom is 0.254 e. The molecule has 0 fully saturated rings. The number of fused-ring (bicyclic) bond motifs is 1. The van der Waals surface area contributed by atoms with Gasteiger partial charge >= 0.3 is 0 Å². The molecule has 1 aromatic carbocycles. The number of hydrogen-bond acceptors (Lipinski definition) is 2. The third kappa shape index (κ3) is 2.32. The third-order valence-corrected chi connectivity index (χ3v) is 2.92. The Morgan fingerprint density at radius 3 is 2.94 bits per heavy atom. The van der Waals surface area contributed by atoms with Crippen LogP contribution in [0.15, 0.2) is 18.2 Å². The van der Waals surface area contributed by atoms with Gasteiger partial charge in [0, 0.05) is 12.1 Å². The van der Waals surface area contributed by atoms with Gasteiger partial charge in [0.2, 0.25) is 0 Å². The molecule has 17 heavy (non-hydrogen) atoms. The van der Waals surface area contributed by atoms with Crippen LogP contribution < -0.4 is 0 Å². The normalized spacial score (nSPS) is 12.9. The van der Waals surface area contributed by atoms with Gasteiger partial charge in [0.1, 0.15) is 0 Å². The van der Waals surface area contributed by atoms with Crippen molar-refractivity contribution in [1.29, 1.82) is 0 Å². The molecule has 0 spiro atoms. The zero-order valence-electron chi connectivity index (χ0n) is 9.90. The van der Waals surface area contributed by atoms with Gasteiger partial charge in [-0.1, -0.05) is 12.0 Å². The second-order valence-electron chi connectivity index (χ2n) is 4.00. The molecule has 1 heterocycles. The van der Waals surface area contributed by atoms with Crippen LogP contribution in [0.2, 0.25) is 0 Å². The van der Waals surface area contributed by atoms with Crippen molar-refractivity contribution < 1.29 is 9.53 Å². The van der Waals surface area contributed by atoms with Crippen molar-refractivity contribution in [2.24, 2.45) is 0 Å². The summed E-state index contributed by atoms with van der Waals surface area (Å²) in [6.45, 7) is 4.13. The molecule has 0 atom stereocenters. The number of ether oxygens (including phenoxy) is 1. The number of benzene rings is 1. The molecule has 0 aromatic heterocycles. The first-order valence-electron chi connectivity index (χ1n) is 5.68. The molecule has 0 unspecified atom stereocenters. The molecule has 0 bridgehead atoms. The van der Waals surface area contributed by atoms with Crippen molar-refractivity contribution >= 4 is 5.91 Å². The molecule has 88 valence electrons. The van der Waals surface area contributed by atoms with Crippen LogP contribution in [0.3, 0.4) is 0 Å². The van der Waals surface area contributed by atoms with E-state index in [4.69, 9.17) is 11.2 Å². The first-order chi connectivity index (χ1) is 8.26. The zero-order valence-corrected chi connectivity index (χ0v) is 9.90. The Morgan fingerprint density at radius 1 is 1.47 bits per heavy atom. The van der Waals surface area contributed by atoms with Gasteiger partial charge in [0.05, 0.1) is 19.8 Å². The summed E-state index contributed by atoms with van der Waals surface area (Å²) in [7, 11) is 0. The van der Waals surface area contributed by atoms with Crippen molar-refractivity contribution in [3.8, 4) is 12.3 Å². The van der Waals surface area contributed by atoms with Crippen molar-refractivity contribution in [2.45, 2.75) is 20.1 Å². The largest absolute Gasteiger partial charge is 0.372 e. The predicted octanol–water partition coefficient (Wildman–Crippen LogP) is 1.81. The summed E-state index contributed by atoms with van der Waals surface area (Å²) >= 11 is 0. The van der Waals surface area contributed by atoms with Gasteiger partial charge in [-0.05, 0) is 30.2 Å². The van der Waals surface area contributed by atoms with Gasteiger partial charge < -0.3 is 9.64 Å². The van der Waals surface area contributed by atoms with E-state index >= 15 is 0 Å². The molecule has 1 amide bonds. The van der Waals surface area contributed by atoms with Crippen LogP contribution in [0.25, 0.3) is 0 Å². The van der Waals surface area contributed by atoms with Crippen LogP contribution in [0, 0.1) is 12.3 Å². The highest BCUT2D eigenvalue weighted by Crippen LogP contribution is 2.21. The van der Waals surface area contributed by atoms with E-state index in [1.807, 2.05) is 25.1 Å². The van der Waals surface area contributed by atoms with Crippen LogP contribution in [0.1, 0.15) is 28.4 Å². The maximum absolute atomic E-state index is 12.2. The van der Waals surface area contributed by atoms with Gasteiger partial charge in [0.15, 0.2) is 0 Å². The molecule has 0 radical (unpaired) electrons. The lowest BCUT2D eigenvalue weighted by molar-refractivity contribution is 0.0784. The number of rotatable bonds is 3. The monoisotopic (exact) mass is 229 g/mol. The molecule has 3 nitrogen and oxygen atoms in total. The Morgan fingerprint density at radius 2 is 2.24 bits per heavy atom. The van der Waals surface area contributed by atoms with Gasteiger partial charge in [-0.3, -0.25) is 4.79 Å². The van der Waals surface area contributed by atoms with Gasteiger partial charge in [0.25, 0.3) is 5.91 Å². The van der Waals surface area contributed by atoms with Crippen molar-refractivity contribution in [2.75, 3.05) is 13.1 Å². The lowest BCUT2D eigenvalue weighted by atomic mass is 10.1. The highest BCUT2D eigenvalue weighted by molar-refractivity contribution is 5.94. The molecule has 0 saturated carbocycles. The van der Waals surface area contributed by atoms with Crippen molar-refractivity contribution in [1.82, 2.24) is 4.90 Å². The van der Waals surface area contributed by atoms with Gasteiger partial charge in [-0.15, -0.1) is 6.42 Å². The highest BCUT2D eigenvalue weighted by atomic mass is 16.5. The average Bonchev–Trinajstić information content (AvgIpc) is 2.82. The Balaban J connectivity index is 2.22. The van der Waals surface area contributed by atoms with Crippen LogP contribution in [-0.2, 0) is 18.0 Å². The van der Waals surface area contributed by atoms with E-state index in [0.29, 0.717) is 31.9 Å². The number of hydrogen-bond donors (Lipinski definition) is 0. The molecule has 3 heteroatoms.